The lowest BCUT2D eigenvalue weighted by molar-refractivity contribution is -0.253. The van der Waals surface area contributed by atoms with E-state index in [4.69, 9.17) is 24.2 Å². The number of nitrogens with zero attached hydrogens (tertiary/aromatic N) is 2. The predicted octanol–water partition coefficient (Wildman–Crippen LogP) is 10.2. The molecule has 10 heteroatoms. The monoisotopic (exact) mass is 803 g/mol. The van der Waals surface area contributed by atoms with Crippen molar-refractivity contribution in [3.05, 3.63) is 84.0 Å². The molecule has 3 N–H and O–H groups in total. The number of aliphatic hydroxyl groups is 2. The number of ether oxygens (including phenoxy) is 3. The third kappa shape index (κ3) is 11.7. The van der Waals surface area contributed by atoms with E-state index in [2.05, 4.69) is 19.6 Å². The van der Waals surface area contributed by atoms with E-state index in [1.54, 1.807) is 36.2 Å². The molecule has 58 heavy (non-hydrogen) atoms. The van der Waals surface area contributed by atoms with Gasteiger partial charge < -0.3 is 39.3 Å². The number of carbonyl (C=O) groups excluding carboxylic acids is 1. The van der Waals surface area contributed by atoms with Crippen molar-refractivity contribution < 1.29 is 39.2 Å². The normalized spacial score (nSPS) is 24.0. The summed E-state index contributed by atoms with van der Waals surface area (Å²) in [6.07, 6.45) is 20.5. The van der Waals surface area contributed by atoms with Gasteiger partial charge in [-0.05, 0) is 73.3 Å². The van der Waals surface area contributed by atoms with Gasteiger partial charge in [-0.3, -0.25) is 0 Å². The molecule has 1 fully saturated rings. The van der Waals surface area contributed by atoms with Gasteiger partial charge in [0.25, 0.3) is 0 Å². The summed E-state index contributed by atoms with van der Waals surface area (Å²) in [5.41, 5.74) is 3.54. The molecule has 0 aromatic heterocycles. The molecule has 1 aliphatic heterocycles. The molecule has 1 amide bonds. The van der Waals surface area contributed by atoms with Gasteiger partial charge >= 0.3 is 6.09 Å². The Morgan fingerprint density at radius 1 is 0.931 bits per heavy atom. The van der Waals surface area contributed by atoms with Crippen LogP contribution in [0.25, 0.3) is 0 Å². The van der Waals surface area contributed by atoms with Gasteiger partial charge in [-0.2, -0.15) is 0 Å². The number of phenolic OH excluding ortho intramolecular Hbond substituents is 1. The van der Waals surface area contributed by atoms with E-state index in [1.807, 2.05) is 30.3 Å². The lowest BCUT2D eigenvalue weighted by atomic mass is 9.55. The minimum absolute atomic E-state index is 0.0778. The number of fused-ring (bicyclic) bond motifs is 2. The van der Waals surface area contributed by atoms with Crippen LogP contribution in [0.1, 0.15) is 133 Å². The van der Waals surface area contributed by atoms with Crippen molar-refractivity contribution in [2.75, 3.05) is 33.5 Å². The number of rotatable bonds is 26. The average Bonchev–Trinajstić information content (AvgIpc) is 3.23. The van der Waals surface area contributed by atoms with E-state index >= 15 is 0 Å². The quantitative estimate of drug-likeness (QED) is 0.0487. The Bertz CT molecular complexity index is 1610. The van der Waals surface area contributed by atoms with Gasteiger partial charge in [0.1, 0.15) is 24.1 Å². The number of aliphatic hydroxyl groups excluding tert-OH is 2. The van der Waals surface area contributed by atoms with Gasteiger partial charge in [-0.25, -0.2) is 4.79 Å². The SMILES string of the molecule is C=CCO[C@@]12Oc3ccc(O)cc3[C@H]3[C@H](CCCCO)[C@@H](CCCCO)C=C(C(=NOCc4ccccc4)C[C@@H]1N(C)C(=O)OCCCCCCCCCCCC)[C@H]32. The summed E-state index contributed by atoms with van der Waals surface area (Å²) in [6.45, 7) is 7.24. The van der Waals surface area contributed by atoms with Crippen molar-refractivity contribution in [2.45, 2.75) is 140 Å². The zero-order valence-electron chi connectivity index (χ0n) is 35.2. The van der Waals surface area contributed by atoms with Crippen molar-refractivity contribution in [3.8, 4) is 11.5 Å². The molecule has 6 atom stereocenters. The average molecular weight is 803 g/mol. The second-order valence-electron chi connectivity index (χ2n) is 16.5. The second kappa shape index (κ2) is 23.7. The predicted molar refractivity (Wildman–Crippen MR) is 229 cm³/mol. The van der Waals surface area contributed by atoms with Crippen molar-refractivity contribution in [1.29, 1.82) is 0 Å². The van der Waals surface area contributed by atoms with Gasteiger partial charge in [-0.1, -0.05) is 125 Å². The van der Waals surface area contributed by atoms with Crippen LogP contribution in [0.2, 0.25) is 0 Å². The van der Waals surface area contributed by atoms with Gasteiger partial charge in [0.05, 0.1) is 24.8 Å². The van der Waals surface area contributed by atoms with Crippen LogP contribution in [0.15, 0.2) is 78.0 Å². The summed E-state index contributed by atoms with van der Waals surface area (Å²) in [5, 5.41) is 35.4. The molecule has 3 aliphatic rings. The summed E-state index contributed by atoms with van der Waals surface area (Å²) in [7, 11) is 1.76. The van der Waals surface area contributed by atoms with Crippen molar-refractivity contribution >= 4 is 11.8 Å². The van der Waals surface area contributed by atoms with E-state index in [1.165, 1.54) is 44.9 Å². The van der Waals surface area contributed by atoms with Crippen LogP contribution >= 0.6 is 0 Å². The third-order valence-corrected chi connectivity index (χ3v) is 12.4. The first-order valence-electron chi connectivity index (χ1n) is 22.2. The first kappa shape index (κ1) is 45.2. The summed E-state index contributed by atoms with van der Waals surface area (Å²) in [6, 6.07) is 14.5. The molecule has 0 radical (unpaired) electrons. The van der Waals surface area contributed by atoms with Crippen LogP contribution in [0, 0.1) is 17.8 Å². The number of oxime groups is 1. The molecule has 0 spiro atoms. The Hall–Kier alpha value is -3.86. The molecule has 0 saturated heterocycles. The summed E-state index contributed by atoms with van der Waals surface area (Å²) in [5.74, 6) is -1.07. The van der Waals surface area contributed by atoms with Crippen molar-refractivity contribution in [3.63, 3.8) is 0 Å². The maximum Gasteiger partial charge on any atom is 0.409 e. The van der Waals surface area contributed by atoms with Gasteiger partial charge in [-0.15, -0.1) is 6.58 Å². The highest BCUT2D eigenvalue weighted by Gasteiger charge is 2.65. The summed E-state index contributed by atoms with van der Waals surface area (Å²) < 4.78 is 20.0. The van der Waals surface area contributed by atoms with Crippen molar-refractivity contribution in [1.82, 2.24) is 4.90 Å². The molecule has 1 saturated carbocycles. The fourth-order valence-corrected chi connectivity index (χ4v) is 9.47. The smallest absolute Gasteiger partial charge is 0.409 e. The summed E-state index contributed by atoms with van der Waals surface area (Å²) >= 11 is 0. The summed E-state index contributed by atoms with van der Waals surface area (Å²) in [4.78, 5) is 21.8. The van der Waals surface area contributed by atoms with E-state index < -0.39 is 23.8 Å². The first-order valence-corrected chi connectivity index (χ1v) is 22.2. The van der Waals surface area contributed by atoms with E-state index in [0.717, 1.165) is 67.4 Å². The molecule has 2 aromatic carbocycles. The Kier molecular flexibility index (Phi) is 18.5. The van der Waals surface area contributed by atoms with Crippen LogP contribution in [0.4, 0.5) is 4.79 Å². The third-order valence-electron chi connectivity index (χ3n) is 12.4. The Labute approximate surface area is 347 Å². The molecule has 0 bridgehead atoms. The van der Waals surface area contributed by atoms with Gasteiger partial charge in [0.2, 0.25) is 5.79 Å². The number of benzene rings is 2. The molecular formula is C48H70N2O8. The highest BCUT2D eigenvalue weighted by Crippen LogP contribution is 2.61. The molecule has 2 aliphatic carbocycles. The minimum Gasteiger partial charge on any atom is -0.508 e. The second-order valence-corrected chi connectivity index (χ2v) is 16.5. The lowest BCUT2D eigenvalue weighted by Crippen LogP contribution is -2.69. The topological polar surface area (TPSA) is 130 Å². The van der Waals surface area contributed by atoms with E-state index in [-0.39, 0.29) is 56.4 Å². The lowest BCUT2D eigenvalue weighted by Gasteiger charge is -2.59. The Morgan fingerprint density at radius 2 is 1.62 bits per heavy atom. The van der Waals surface area contributed by atoms with Crippen LogP contribution in [0.5, 0.6) is 11.5 Å². The fourth-order valence-electron chi connectivity index (χ4n) is 9.47. The van der Waals surface area contributed by atoms with E-state index in [0.29, 0.717) is 25.2 Å². The number of phenols is 1. The Balaban J connectivity index is 1.49. The standard InChI is InChI=1S/C48H70N2O8/c1-4-6-7-8-9-10-11-12-13-21-31-55-47(54)50(3)44-34-42(49-57-35-36-22-15-14-16-23-36)40-32-37(24-17-19-28-51)39(25-18-20-29-52)45-41-33-38(53)26-27-43(41)58-48(44,46(40)45)56-30-5-2/h5,14-16,22-23,26-27,32-33,37,39,44-46,51-53H,2,4,6-13,17-21,24-25,28-31,34-35H2,1,3H3/t37-,39+,44-,45+,46+,48+/m0/s1. The number of allylic oxidation sites excluding steroid dienone is 1. The van der Waals surface area contributed by atoms with E-state index in [9.17, 15) is 20.1 Å². The highest BCUT2D eigenvalue weighted by atomic mass is 16.7. The number of hydrogen-bond donors (Lipinski definition) is 3. The zero-order chi connectivity index (χ0) is 41.2. The van der Waals surface area contributed by atoms with Crippen LogP contribution in [-0.4, -0.2) is 77.3 Å². The highest BCUT2D eigenvalue weighted by molar-refractivity contribution is 6.02. The number of amides is 1. The first-order chi connectivity index (χ1) is 28.4. The number of likely N-dealkylation sites (N-methyl/N-ethyl adjacent to an activating group) is 1. The van der Waals surface area contributed by atoms with Gasteiger partial charge in [0, 0.05) is 38.2 Å². The number of unbranched alkanes of at least 4 members (excludes halogenated alkanes) is 11. The van der Waals surface area contributed by atoms with Crippen LogP contribution in [0.3, 0.4) is 0 Å². The largest absolute Gasteiger partial charge is 0.508 e. The van der Waals surface area contributed by atoms with Gasteiger partial charge in [0.15, 0.2) is 0 Å². The Morgan fingerprint density at radius 3 is 2.31 bits per heavy atom. The fraction of sp³-hybridized carbons (Fsp3) is 0.625. The van der Waals surface area contributed by atoms with Crippen molar-refractivity contribution in [2.24, 2.45) is 22.9 Å². The van der Waals surface area contributed by atoms with Crippen LogP contribution < -0.4 is 4.74 Å². The molecule has 10 nitrogen and oxygen atoms in total. The molecule has 0 unspecified atom stereocenters. The number of hydrogen-bond acceptors (Lipinski definition) is 9. The number of aromatic hydroxyl groups is 1. The molecular weight excluding hydrogens is 733 g/mol. The maximum atomic E-state index is 14.1. The molecule has 5 rings (SSSR count). The molecule has 2 aromatic rings. The minimum atomic E-state index is -1.36. The number of carbonyl (C=O) groups is 1. The maximum absolute atomic E-state index is 14.1. The molecule has 1 heterocycles. The zero-order valence-corrected chi connectivity index (χ0v) is 35.2. The molecule has 320 valence electrons. The van der Waals surface area contributed by atoms with Crippen LogP contribution in [-0.2, 0) is 20.9 Å².